The molecule has 10 heteroatoms. The number of aromatic carboxylic acids is 1. The molecule has 0 atom stereocenters. The zero-order valence-corrected chi connectivity index (χ0v) is 18.2. The first-order valence-electron chi connectivity index (χ1n) is 8.84. The number of carboxylic acid groups (broad SMARTS) is 1. The van der Waals surface area contributed by atoms with Crippen molar-refractivity contribution in [3.63, 3.8) is 0 Å². The number of carbonyl (C=O) groups is 2. The van der Waals surface area contributed by atoms with Crippen molar-refractivity contribution < 1.29 is 23.1 Å². The quantitative estimate of drug-likeness (QED) is 0.519. The summed E-state index contributed by atoms with van der Waals surface area (Å²) in [6.07, 6.45) is 0. The molecule has 3 aromatic rings. The third kappa shape index (κ3) is 5.35. The van der Waals surface area contributed by atoms with Crippen LogP contribution in [0, 0.1) is 0 Å². The number of nitrogens with one attached hydrogen (secondary N) is 1. The number of nitrogens with zero attached hydrogens (tertiary/aromatic N) is 1. The summed E-state index contributed by atoms with van der Waals surface area (Å²) in [5, 5.41) is 11.9. The molecule has 0 saturated heterocycles. The van der Waals surface area contributed by atoms with E-state index in [0.29, 0.717) is 5.69 Å². The molecule has 3 aromatic carbocycles. The highest BCUT2D eigenvalue weighted by atomic mass is 35.5. The van der Waals surface area contributed by atoms with Crippen LogP contribution in [0.3, 0.4) is 0 Å². The summed E-state index contributed by atoms with van der Waals surface area (Å²) in [5.41, 5.74) is 0.540. The van der Waals surface area contributed by atoms with Crippen LogP contribution in [0.15, 0.2) is 77.7 Å². The average molecular weight is 479 g/mol. The first-order chi connectivity index (χ1) is 14.7. The van der Waals surface area contributed by atoms with E-state index in [1.54, 1.807) is 18.2 Å². The summed E-state index contributed by atoms with van der Waals surface area (Å²) in [7, 11) is -4.10. The minimum atomic E-state index is -4.10. The molecule has 0 bridgehead atoms. The lowest BCUT2D eigenvalue weighted by Gasteiger charge is -2.24. The Kier molecular flexibility index (Phi) is 6.84. The lowest BCUT2D eigenvalue weighted by Crippen LogP contribution is -2.38. The topological polar surface area (TPSA) is 104 Å². The lowest BCUT2D eigenvalue weighted by molar-refractivity contribution is -0.114. The fourth-order valence-electron chi connectivity index (χ4n) is 2.70. The third-order valence-electron chi connectivity index (χ3n) is 4.23. The molecule has 31 heavy (non-hydrogen) atoms. The van der Waals surface area contributed by atoms with E-state index in [1.165, 1.54) is 54.6 Å². The third-order valence-corrected chi connectivity index (χ3v) is 6.75. The molecule has 2 N–H and O–H groups in total. The summed E-state index contributed by atoms with van der Waals surface area (Å²) in [6, 6.07) is 17.4. The van der Waals surface area contributed by atoms with Crippen molar-refractivity contribution in [1.82, 2.24) is 0 Å². The van der Waals surface area contributed by atoms with Crippen molar-refractivity contribution in [3.05, 3.63) is 88.4 Å². The van der Waals surface area contributed by atoms with Gasteiger partial charge in [-0.2, -0.15) is 0 Å². The second-order valence-corrected chi connectivity index (χ2v) is 9.03. The van der Waals surface area contributed by atoms with Gasteiger partial charge >= 0.3 is 5.97 Å². The molecule has 7 nitrogen and oxygen atoms in total. The van der Waals surface area contributed by atoms with Crippen molar-refractivity contribution >= 4 is 56.5 Å². The van der Waals surface area contributed by atoms with Crippen LogP contribution in [-0.2, 0) is 14.8 Å². The van der Waals surface area contributed by atoms with E-state index in [2.05, 4.69) is 5.32 Å². The zero-order chi connectivity index (χ0) is 22.6. The van der Waals surface area contributed by atoms with Gasteiger partial charge in [0, 0.05) is 5.69 Å². The van der Waals surface area contributed by atoms with Gasteiger partial charge in [-0.15, -0.1) is 0 Å². The molecule has 0 unspecified atom stereocenters. The number of hydrogen-bond donors (Lipinski definition) is 2. The number of carbonyl (C=O) groups excluding carboxylic acids is 1. The summed E-state index contributed by atoms with van der Waals surface area (Å²) >= 11 is 12.0. The van der Waals surface area contributed by atoms with Gasteiger partial charge in [0.2, 0.25) is 5.91 Å². The fourth-order valence-corrected chi connectivity index (χ4v) is 4.43. The van der Waals surface area contributed by atoms with Crippen LogP contribution in [0.1, 0.15) is 10.4 Å². The van der Waals surface area contributed by atoms with E-state index in [0.717, 1.165) is 4.31 Å². The summed E-state index contributed by atoms with van der Waals surface area (Å²) in [5.74, 6) is -1.73. The Morgan fingerprint density at radius 2 is 1.55 bits per heavy atom. The molecule has 0 heterocycles. The van der Waals surface area contributed by atoms with Crippen LogP contribution in [0.2, 0.25) is 10.0 Å². The fraction of sp³-hybridized carbons (Fsp3) is 0.0476. The molecule has 1 amide bonds. The van der Waals surface area contributed by atoms with Gasteiger partial charge in [0.25, 0.3) is 10.0 Å². The van der Waals surface area contributed by atoms with Gasteiger partial charge < -0.3 is 10.4 Å². The predicted molar refractivity (Wildman–Crippen MR) is 119 cm³/mol. The number of benzene rings is 3. The molecular weight excluding hydrogens is 463 g/mol. The second kappa shape index (κ2) is 9.38. The van der Waals surface area contributed by atoms with Crippen molar-refractivity contribution in [2.24, 2.45) is 0 Å². The van der Waals surface area contributed by atoms with Crippen molar-refractivity contribution in [3.8, 4) is 0 Å². The summed E-state index contributed by atoms with van der Waals surface area (Å²) < 4.78 is 27.4. The monoisotopic (exact) mass is 478 g/mol. The van der Waals surface area contributed by atoms with Crippen LogP contribution in [-0.4, -0.2) is 31.9 Å². The highest BCUT2D eigenvalue weighted by Gasteiger charge is 2.27. The maximum absolute atomic E-state index is 13.2. The Hall–Kier alpha value is -3.07. The van der Waals surface area contributed by atoms with E-state index in [9.17, 15) is 18.0 Å². The molecule has 0 aromatic heterocycles. The number of sulfonamides is 1. The number of carboxylic acids is 1. The van der Waals surface area contributed by atoms with Crippen LogP contribution in [0.5, 0.6) is 0 Å². The highest BCUT2D eigenvalue weighted by Crippen LogP contribution is 2.30. The Labute approximate surface area is 188 Å². The zero-order valence-electron chi connectivity index (χ0n) is 15.8. The SMILES string of the molecule is O=C(CN(c1ccc(Cl)c(Cl)c1)S(=O)(=O)c1ccccc1)Nc1ccc(C(=O)O)cc1. The van der Waals surface area contributed by atoms with Crippen LogP contribution < -0.4 is 9.62 Å². The van der Waals surface area contributed by atoms with Crippen LogP contribution >= 0.6 is 23.2 Å². The number of rotatable bonds is 7. The van der Waals surface area contributed by atoms with Gasteiger partial charge in [0.15, 0.2) is 0 Å². The molecule has 0 fully saturated rings. The molecule has 3 rings (SSSR count). The Balaban J connectivity index is 1.91. The minimum Gasteiger partial charge on any atom is -0.478 e. The number of hydrogen-bond acceptors (Lipinski definition) is 4. The normalized spacial score (nSPS) is 11.0. The van der Waals surface area contributed by atoms with Gasteiger partial charge in [-0.3, -0.25) is 9.10 Å². The van der Waals surface area contributed by atoms with Gasteiger partial charge in [0.05, 0.1) is 26.2 Å². The summed E-state index contributed by atoms with van der Waals surface area (Å²) in [6.45, 7) is -0.546. The number of anilines is 2. The Bertz CT molecular complexity index is 1220. The van der Waals surface area contributed by atoms with E-state index >= 15 is 0 Å². The van der Waals surface area contributed by atoms with Gasteiger partial charge in [0.1, 0.15) is 6.54 Å². The van der Waals surface area contributed by atoms with Crippen LogP contribution in [0.4, 0.5) is 11.4 Å². The molecule has 0 spiro atoms. The first-order valence-corrected chi connectivity index (χ1v) is 11.0. The Morgan fingerprint density at radius 1 is 0.903 bits per heavy atom. The smallest absolute Gasteiger partial charge is 0.335 e. The first kappa shape index (κ1) is 22.6. The van der Waals surface area contributed by atoms with Crippen molar-refractivity contribution in [2.45, 2.75) is 4.90 Å². The molecule has 0 aliphatic rings. The molecular formula is C21H16Cl2N2O5S. The molecule has 160 valence electrons. The van der Waals surface area contributed by atoms with Crippen molar-refractivity contribution in [2.75, 3.05) is 16.2 Å². The lowest BCUT2D eigenvalue weighted by atomic mass is 10.2. The standard InChI is InChI=1S/C21H16Cl2N2O5S/c22-18-11-10-16(12-19(18)23)25(31(29,30)17-4-2-1-3-5-17)13-20(26)24-15-8-6-14(7-9-15)21(27)28/h1-12H,13H2,(H,24,26)(H,27,28). The minimum absolute atomic E-state index is 0.000293. The average Bonchev–Trinajstić information content (AvgIpc) is 2.75. The number of amides is 1. The van der Waals surface area contributed by atoms with Gasteiger partial charge in [-0.25, -0.2) is 13.2 Å². The predicted octanol–water partition coefficient (Wildman–Crippen LogP) is 4.53. The van der Waals surface area contributed by atoms with E-state index < -0.39 is 28.4 Å². The van der Waals surface area contributed by atoms with Crippen LogP contribution in [0.25, 0.3) is 0 Å². The maximum Gasteiger partial charge on any atom is 0.335 e. The largest absolute Gasteiger partial charge is 0.478 e. The van der Waals surface area contributed by atoms with Gasteiger partial charge in [-0.05, 0) is 54.6 Å². The van der Waals surface area contributed by atoms with E-state index in [1.807, 2.05) is 0 Å². The molecule has 0 aliphatic carbocycles. The number of halogens is 2. The molecule has 0 aliphatic heterocycles. The second-order valence-electron chi connectivity index (χ2n) is 6.35. The Morgan fingerprint density at radius 3 is 2.13 bits per heavy atom. The highest BCUT2D eigenvalue weighted by molar-refractivity contribution is 7.92. The van der Waals surface area contributed by atoms with Crippen molar-refractivity contribution in [1.29, 1.82) is 0 Å². The summed E-state index contributed by atoms with van der Waals surface area (Å²) in [4.78, 5) is 23.6. The molecule has 0 radical (unpaired) electrons. The van der Waals surface area contributed by atoms with E-state index in [4.69, 9.17) is 28.3 Å². The van der Waals surface area contributed by atoms with E-state index in [-0.39, 0.29) is 26.2 Å². The maximum atomic E-state index is 13.2. The van der Waals surface area contributed by atoms with Gasteiger partial charge in [-0.1, -0.05) is 41.4 Å². The molecule has 0 saturated carbocycles.